The van der Waals surface area contributed by atoms with Crippen molar-refractivity contribution >= 4 is 23.7 Å². The van der Waals surface area contributed by atoms with Crippen molar-refractivity contribution in [1.29, 1.82) is 0 Å². The van der Waals surface area contributed by atoms with Crippen LogP contribution in [0, 0.1) is 0 Å². The van der Waals surface area contributed by atoms with Crippen molar-refractivity contribution < 1.29 is 19.4 Å². The van der Waals surface area contributed by atoms with E-state index >= 15 is 0 Å². The van der Waals surface area contributed by atoms with E-state index in [1.165, 1.54) is 25.0 Å². The highest BCUT2D eigenvalue weighted by molar-refractivity contribution is 5.96. The Kier molecular flexibility index (Phi) is 6.26. The molecular weight excluding hydrogens is 358 g/mol. The van der Waals surface area contributed by atoms with Crippen LogP contribution in [0.15, 0.2) is 47.6 Å². The van der Waals surface area contributed by atoms with Crippen LogP contribution in [-0.4, -0.2) is 36.8 Å². The minimum Gasteiger partial charge on any atom is -0.504 e. The molecule has 1 aliphatic heterocycles. The predicted octanol–water partition coefficient (Wildman–Crippen LogP) is 2.61. The molecule has 0 unspecified atom stereocenters. The number of para-hydroxylation sites is 1. The maximum Gasteiger partial charge on any atom is 0.240 e. The van der Waals surface area contributed by atoms with E-state index in [2.05, 4.69) is 10.5 Å². The van der Waals surface area contributed by atoms with Crippen molar-refractivity contribution in [3.63, 3.8) is 0 Å². The number of phenols is 1. The number of nitrogens with one attached hydrogen (secondary N) is 1. The average molecular weight is 381 g/mol. The number of ether oxygens (including phenoxy) is 1. The highest BCUT2D eigenvalue weighted by atomic mass is 16.5. The molecule has 146 valence electrons. The van der Waals surface area contributed by atoms with Gasteiger partial charge < -0.3 is 14.7 Å². The molecule has 2 aromatic carbocycles. The second-order valence-corrected chi connectivity index (χ2v) is 6.50. The Balaban J connectivity index is 1.50. The smallest absolute Gasteiger partial charge is 0.240 e. The fraction of sp³-hybridized carbons (Fsp3) is 0.286. The summed E-state index contributed by atoms with van der Waals surface area (Å²) in [5.74, 6) is -0.0423. The Morgan fingerprint density at radius 2 is 2.07 bits per heavy atom. The van der Waals surface area contributed by atoms with E-state index < -0.39 is 0 Å². The summed E-state index contributed by atoms with van der Waals surface area (Å²) in [7, 11) is 1.45. The molecule has 0 spiro atoms. The normalized spacial score (nSPS) is 13.2. The Morgan fingerprint density at radius 3 is 2.89 bits per heavy atom. The van der Waals surface area contributed by atoms with E-state index in [4.69, 9.17) is 4.74 Å². The minimum atomic E-state index is -0.333. The van der Waals surface area contributed by atoms with Crippen LogP contribution < -0.4 is 15.1 Å². The van der Waals surface area contributed by atoms with Crippen LogP contribution in [0.5, 0.6) is 11.5 Å². The summed E-state index contributed by atoms with van der Waals surface area (Å²) in [6.45, 7) is 0.679. The van der Waals surface area contributed by atoms with Crippen LogP contribution >= 0.6 is 0 Å². The molecule has 0 aromatic heterocycles. The van der Waals surface area contributed by atoms with Crippen molar-refractivity contribution in [3.8, 4) is 11.5 Å². The lowest BCUT2D eigenvalue weighted by molar-refractivity contribution is -0.125. The molecule has 1 heterocycles. The lowest BCUT2D eigenvalue weighted by Crippen LogP contribution is -2.36. The second kappa shape index (κ2) is 9.03. The van der Waals surface area contributed by atoms with E-state index in [9.17, 15) is 14.7 Å². The number of rotatable bonds is 6. The van der Waals surface area contributed by atoms with Gasteiger partial charge in [-0.1, -0.05) is 18.2 Å². The number of phenolic OH excluding ortho intramolecular Hbond substituents is 1. The van der Waals surface area contributed by atoms with Gasteiger partial charge in [-0.15, -0.1) is 0 Å². The number of aryl methyl sites for hydroxylation is 1. The lowest BCUT2D eigenvalue weighted by atomic mass is 10.0. The summed E-state index contributed by atoms with van der Waals surface area (Å²) < 4.78 is 5.02. The van der Waals surface area contributed by atoms with Crippen LogP contribution in [0.4, 0.5) is 5.69 Å². The Morgan fingerprint density at radius 1 is 1.25 bits per heavy atom. The maximum absolute atomic E-state index is 12.5. The van der Waals surface area contributed by atoms with Gasteiger partial charge >= 0.3 is 0 Å². The third-order valence-electron chi connectivity index (χ3n) is 4.58. The monoisotopic (exact) mass is 381 g/mol. The number of amides is 2. The van der Waals surface area contributed by atoms with Crippen LogP contribution in [0.25, 0.3) is 0 Å². The topological polar surface area (TPSA) is 91.2 Å². The van der Waals surface area contributed by atoms with Gasteiger partial charge in [0.25, 0.3) is 0 Å². The van der Waals surface area contributed by atoms with E-state index in [0.717, 1.165) is 18.5 Å². The summed E-state index contributed by atoms with van der Waals surface area (Å²) in [6.07, 6.45) is 3.53. The third-order valence-corrected chi connectivity index (χ3v) is 4.58. The highest BCUT2D eigenvalue weighted by Crippen LogP contribution is 2.27. The van der Waals surface area contributed by atoms with E-state index in [-0.39, 0.29) is 30.4 Å². The fourth-order valence-corrected chi connectivity index (χ4v) is 3.16. The second-order valence-electron chi connectivity index (χ2n) is 6.50. The Labute approximate surface area is 163 Å². The van der Waals surface area contributed by atoms with Crippen LogP contribution in [-0.2, 0) is 16.0 Å². The molecule has 2 aromatic rings. The van der Waals surface area contributed by atoms with Gasteiger partial charge in [0.2, 0.25) is 11.8 Å². The molecule has 0 aliphatic carbocycles. The van der Waals surface area contributed by atoms with Gasteiger partial charge in [-0.3, -0.25) is 9.59 Å². The Bertz CT molecular complexity index is 895. The molecule has 0 saturated heterocycles. The molecule has 0 fully saturated rings. The van der Waals surface area contributed by atoms with Crippen molar-refractivity contribution in [2.24, 2.45) is 5.10 Å². The number of hydrazone groups is 1. The molecule has 1 aliphatic rings. The van der Waals surface area contributed by atoms with Gasteiger partial charge in [-0.25, -0.2) is 5.43 Å². The summed E-state index contributed by atoms with van der Waals surface area (Å²) >= 11 is 0. The lowest BCUT2D eigenvalue weighted by Gasteiger charge is -2.29. The zero-order chi connectivity index (χ0) is 19.9. The molecule has 0 bridgehead atoms. The van der Waals surface area contributed by atoms with Crippen LogP contribution in [0.2, 0.25) is 0 Å². The third kappa shape index (κ3) is 4.68. The van der Waals surface area contributed by atoms with Crippen molar-refractivity contribution in [2.45, 2.75) is 25.7 Å². The van der Waals surface area contributed by atoms with Crippen molar-refractivity contribution in [3.05, 3.63) is 53.6 Å². The zero-order valence-electron chi connectivity index (χ0n) is 15.7. The molecular formula is C21H23N3O4. The van der Waals surface area contributed by atoms with Crippen LogP contribution in [0.3, 0.4) is 0 Å². The summed E-state index contributed by atoms with van der Waals surface area (Å²) in [4.78, 5) is 26.3. The summed E-state index contributed by atoms with van der Waals surface area (Å²) in [5.41, 5.74) is 5.19. The molecule has 0 atom stereocenters. The quantitative estimate of drug-likeness (QED) is 0.594. The average Bonchev–Trinajstić information content (AvgIpc) is 2.72. The van der Waals surface area contributed by atoms with E-state index in [0.29, 0.717) is 17.9 Å². The summed E-state index contributed by atoms with van der Waals surface area (Å²) in [5, 5.41) is 13.5. The number of carbonyl (C=O) groups is 2. The number of aromatic hydroxyl groups is 1. The molecule has 7 nitrogen and oxygen atoms in total. The standard InChI is InChI=1S/C21H23N3O4/c1-28-19-13-15(8-9-18(19)25)14-22-23-20(26)10-11-21(27)24-12-4-6-16-5-2-3-7-17(16)24/h2-3,5,7-9,13-14,25H,4,6,10-12H2,1H3,(H,23,26). The predicted molar refractivity (Wildman–Crippen MR) is 107 cm³/mol. The number of benzene rings is 2. The van der Waals surface area contributed by atoms with Gasteiger partial charge in [0, 0.05) is 25.1 Å². The van der Waals surface area contributed by atoms with Gasteiger partial charge in [0.1, 0.15) is 0 Å². The first-order valence-electron chi connectivity index (χ1n) is 9.15. The zero-order valence-corrected chi connectivity index (χ0v) is 15.7. The fourth-order valence-electron chi connectivity index (χ4n) is 3.16. The molecule has 0 saturated carbocycles. The number of nitrogens with zero attached hydrogens (tertiary/aromatic N) is 2. The number of carbonyl (C=O) groups excluding carboxylic acids is 2. The number of hydrogen-bond donors (Lipinski definition) is 2. The van der Waals surface area contributed by atoms with Crippen LogP contribution in [0.1, 0.15) is 30.4 Å². The first-order valence-corrected chi connectivity index (χ1v) is 9.15. The molecule has 28 heavy (non-hydrogen) atoms. The van der Waals surface area contributed by atoms with Crippen molar-refractivity contribution in [1.82, 2.24) is 5.43 Å². The maximum atomic E-state index is 12.5. The number of anilines is 1. The Hall–Kier alpha value is -3.35. The largest absolute Gasteiger partial charge is 0.504 e. The number of methoxy groups -OCH3 is 1. The molecule has 3 rings (SSSR count). The van der Waals surface area contributed by atoms with Gasteiger partial charge in [0.15, 0.2) is 11.5 Å². The van der Waals surface area contributed by atoms with Gasteiger partial charge in [-0.2, -0.15) is 5.10 Å². The first-order chi connectivity index (χ1) is 13.6. The molecule has 7 heteroatoms. The van der Waals surface area contributed by atoms with Gasteiger partial charge in [0.05, 0.1) is 13.3 Å². The van der Waals surface area contributed by atoms with E-state index in [1.807, 2.05) is 24.3 Å². The highest BCUT2D eigenvalue weighted by Gasteiger charge is 2.22. The molecule has 2 N–H and O–H groups in total. The van der Waals surface area contributed by atoms with Gasteiger partial charge in [-0.05, 0) is 48.2 Å². The first kappa shape index (κ1) is 19.4. The SMILES string of the molecule is COc1cc(C=NNC(=O)CCC(=O)N2CCCc3ccccc32)ccc1O. The minimum absolute atomic E-state index is 0.0292. The molecule has 2 amide bonds. The van der Waals surface area contributed by atoms with Crippen molar-refractivity contribution in [2.75, 3.05) is 18.6 Å². The number of fused-ring (bicyclic) bond motifs is 1. The summed E-state index contributed by atoms with van der Waals surface area (Å²) in [6, 6.07) is 12.6. The number of hydrogen-bond acceptors (Lipinski definition) is 5. The van der Waals surface area contributed by atoms with E-state index in [1.54, 1.807) is 17.0 Å². The molecule has 0 radical (unpaired) electrons.